The predicted molar refractivity (Wildman–Crippen MR) is 103 cm³/mol. The maximum atomic E-state index is 12.1. The van der Waals surface area contributed by atoms with Gasteiger partial charge in [0.1, 0.15) is 0 Å². The van der Waals surface area contributed by atoms with Crippen LogP contribution in [0.1, 0.15) is 17.0 Å². The molecular formula is C18H19N5O3S. The molecule has 0 aliphatic rings. The van der Waals surface area contributed by atoms with Gasteiger partial charge in [0, 0.05) is 12.2 Å². The van der Waals surface area contributed by atoms with E-state index < -0.39 is 10.0 Å². The number of hydrogen-bond donors (Lipinski definition) is 3. The van der Waals surface area contributed by atoms with Crippen LogP contribution in [0.25, 0.3) is 11.0 Å². The molecule has 0 aliphatic heterocycles. The van der Waals surface area contributed by atoms with Crippen molar-refractivity contribution in [2.24, 2.45) is 5.14 Å². The molecule has 140 valence electrons. The van der Waals surface area contributed by atoms with Gasteiger partial charge in [-0.1, -0.05) is 12.1 Å². The Morgan fingerprint density at radius 3 is 2.26 bits per heavy atom. The van der Waals surface area contributed by atoms with E-state index in [9.17, 15) is 13.2 Å². The van der Waals surface area contributed by atoms with E-state index >= 15 is 0 Å². The highest BCUT2D eigenvalue weighted by Crippen LogP contribution is 2.17. The molecule has 0 aliphatic carbocycles. The third-order valence-electron chi connectivity index (χ3n) is 4.04. The minimum absolute atomic E-state index is 0.0264. The fourth-order valence-electron chi connectivity index (χ4n) is 2.46. The number of carbonyl (C=O) groups is 1. The molecule has 3 aromatic rings. The van der Waals surface area contributed by atoms with Crippen LogP contribution in [0.2, 0.25) is 0 Å². The minimum Gasteiger partial charge on any atom is -0.334 e. The summed E-state index contributed by atoms with van der Waals surface area (Å²) in [7, 11) is -3.73. The Bertz CT molecular complexity index is 1110. The third kappa shape index (κ3) is 4.57. The Kier molecular flexibility index (Phi) is 5.06. The number of nitrogens with zero attached hydrogens (tertiary/aromatic N) is 2. The molecule has 27 heavy (non-hydrogen) atoms. The molecule has 0 unspecified atom stereocenters. The van der Waals surface area contributed by atoms with Gasteiger partial charge < -0.3 is 10.6 Å². The van der Waals surface area contributed by atoms with Gasteiger partial charge >= 0.3 is 6.03 Å². The molecule has 1 aromatic heterocycles. The number of nitrogens with two attached hydrogens (primary N) is 1. The lowest BCUT2D eigenvalue weighted by Gasteiger charge is -2.09. The molecule has 0 radical (unpaired) electrons. The van der Waals surface area contributed by atoms with E-state index in [1.807, 2.05) is 13.8 Å². The van der Waals surface area contributed by atoms with E-state index in [4.69, 9.17) is 5.14 Å². The number of carbonyl (C=O) groups excluding carboxylic acids is 1. The van der Waals surface area contributed by atoms with E-state index in [0.717, 1.165) is 22.5 Å². The maximum Gasteiger partial charge on any atom is 0.319 e. The lowest BCUT2D eigenvalue weighted by Crippen LogP contribution is -2.28. The molecule has 2 aromatic carbocycles. The number of nitrogens with one attached hydrogen (secondary N) is 2. The smallest absolute Gasteiger partial charge is 0.319 e. The zero-order chi connectivity index (χ0) is 19.6. The van der Waals surface area contributed by atoms with Crippen molar-refractivity contribution in [2.75, 3.05) is 5.32 Å². The van der Waals surface area contributed by atoms with Gasteiger partial charge in [0.25, 0.3) is 0 Å². The van der Waals surface area contributed by atoms with Gasteiger partial charge in [-0.15, -0.1) is 0 Å². The van der Waals surface area contributed by atoms with Crippen molar-refractivity contribution in [1.29, 1.82) is 0 Å². The van der Waals surface area contributed by atoms with Crippen LogP contribution >= 0.6 is 0 Å². The molecule has 0 fully saturated rings. The molecule has 0 bridgehead atoms. The van der Waals surface area contributed by atoms with Gasteiger partial charge in [0.2, 0.25) is 10.0 Å². The van der Waals surface area contributed by atoms with E-state index in [1.165, 1.54) is 12.1 Å². The number of anilines is 1. The molecular weight excluding hydrogens is 366 g/mol. The number of primary sulfonamides is 1. The topological polar surface area (TPSA) is 127 Å². The number of fused-ring (bicyclic) bond motifs is 1. The van der Waals surface area contributed by atoms with E-state index in [1.54, 1.807) is 30.3 Å². The summed E-state index contributed by atoms with van der Waals surface area (Å²) in [6.45, 7) is 4.02. The zero-order valence-corrected chi connectivity index (χ0v) is 15.7. The summed E-state index contributed by atoms with van der Waals surface area (Å²) in [6, 6.07) is 10.9. The molecule has 3 rings (SSSR count). The summed E-state index contributed by atoms with van der Waals surface area (Å²) < 4.78 is 22.5. The Balaban J connectivity index is 1.64. The van der Waals surface area contributed by atoms with Gasteiger partial charge in [-0.3, -0.25) is 0 Å². The maximum absolute atomic E-state index is 12.1. The first kappa shape index (κ1) is 18.7. The average Bonchev–Trinajstić information content (AvgIpc) is 2.61. The first-order chi connectivity index (χ1) is 12.7. The average molecular weight is 385 g/mol. The molecule has 4 N–H and O–H groups in total. The summed E-state index contributed by atoms with van der Waals surface area (Å²) in [5.74, 6) is 0. The Morgan fingerprint density at radius 2 is 1.63 bits per heavy atom. The number of amides is 2. The van der Waals surface area contributed by atoms with Crippen LogP contribution in [0.15, 0.2) is 47.4 Å². The van der Waals surface area contributed by atoms with Crippen LogP contribution in [0, 0.1) is 13.8 Å². The van der Waals surface area contributed by atoms with Gasteiger partial charge in [0.15, 0.2) is 0 Å². The number of urea groups is 1. The predicted octanol–water partition coefficient (Wildman–Crippen LogP) is 2.22. The van der Waals surface area contributed by atoms with Crippen molar-refractivity contribution < 1.29 is 13.2 Å². The Morgan fingerprint density at radius 1 is 1.00 bits per heavy atom. The second-order valence-corrected chi connectivity index (χ2v) is 7.66. The summed E-state index contributed by atoms with van der Waals surface area (Å²) in [4.78, 5) is 21.0. The van der Waals surface area contributed by atoms with Crippen molar-refractivity contribution in [1.82, 2.24) is 15.3 Å². The second kappa shape index (κ2) is 7.29. The Labute approximate surface area is 156 Å². The summed E-state index contributed by atoms with van der Waals surface area (Å²) >= 11 is 0. The first-order valence-electron chi connectivity index (χ1n) is 8.14. The Hall–Kier alpha value is -3.04. The largest absolute Gasteiger partial charge is 0.334 e. The van der Waals surface area contributed by atoms with Gasteiger partial charge in [-0.05, 0) is 49.7 Å². The number of sulfonamides is 1. The molecule has 1 heterocycles. The van der Waals surface area contributed by atoms with Crippen LogP contribution < -0.4 is 15.8 Å². The van der Waals surface area contributed by atoms with Crippen molar-refractivity contribution in [3.05, 3.63) is 59.4 Å². The third-order valence-corrected chi connectivity index (χ3v) is 4.97. The SMILES string of the molecule is Cc1nc2ccc(NC(=O)NCc3ccc(S(N)(=O)=O)cc3)cc2nc1C. The quantitative estimate of drug-likeness (QED) is 0.634. The summed E-state index contributed by atoms with van der Waals surface area (Å²) in [5.41, 5.74) is 4.52. The van der Waals surface area contributed by atoms with Gasteiger partial charge in [0.05, 0.1) is 27.3 Å². The fourth-order valence-corrected chi connectivity index (χ4v) is 2.98. The van der Waals surface area contributed by atoms with Gasteiger partial charge in [-0.2, -0.15) is 0 Å². The fraction of sp³-hybridized carbons (Fsp3) is 0.167. The van der Waals surface area contributed by atoms with Crippen molar-refractivity contribution in [2.45, 2.75) is 25.3 Å². The van der Waals surface area contributed by atoms with Crippen LogP contribution in [0.5, 0.6) is 0 Å². The highest BCUT2D eigenvalue weighted by atomic mass is 32.2. The molecule has 0 atom stereocenters. The number of aromatic nitrogens is 2. The minimum atomic E-state index is -3.73. The molecule has 0 saturated carbocycles. The van der Waals surface area contributed by atoms with Crippen molar-refractivity contribution in [3.63, 3.8) is 0 Å². The van der Waals surface area contributed by atoms with Crippen LogP contribution in [-0.4, -0.2) is 24.4 Å². The monoisotopic (exact) mass is 385 g/mol. The number of hydrogen-bond acceptors (Lipinski definition) is 5. The standard InChI is InChI=1S/C18H19N5O3S/c1-11-12(2)22-17-9-14(5-8-16(17)21-11)23-18(24)20-10-13-3-6-15(7-4-13)27(19,25)26/h3-9H,10H2,1-2H3,(H2,19,25,26)(H2,20,23,24). The molecule has 0 saturated heterocycles. The normalized spacial score (nSPS) is 11.4. The van der Waals surface area contributed by atoms with Gasteiger partial charge in [-0.25, -0.2) is 28.3 Å². The first-order valence-corrected chi connectivity index (χ1v) is 9.68. The lowest BCUT2D eigenvalue weighted by molar-refractivity contribution is 0.251. The summed E-state index contributed by atoms with van der Waals surface area (Å²) in [5, 5.41) is 10.5. The van der Waals surface area contributed by atoms with Crippen LogP contribution in [0.4, 0.5) is 10.5 Å². The number of rotatable bonds is 4. The number of aryl methyl sites for hydroxylation is 2. The molecule has 8 nitrogen and oxygen atoms in total. The molecule has 0 spiro atoms. The van der Waals surface area contributed by atoms with E-state index in [-0.39, 0.29) is 17.5 Å². The second-order valence-electron chi connectivity index (χ2n) is 6.09. The van der Waals surface area contributed by atoms with Crippen molar-refractivity contribution >= 4 is 32.8 Å². The molecule has 9 heteroatoms. The zero-order valence-electron chi connectivity index (χ0n) is 14.9. The van der Waals surface area contributed by atoms with Crippen molar-refractivity contribution in [3.8, 4) is 0 Å². The van der Waals surface area contributed by atoms with E-state index in [2.05, 4.69) is 20.6 Å². The number of benzene rings is 2. The van der Waals surface area contributed by atoms with Crippen LogP contribution in [0.3, 0.4) is 0 Å². The highest BCUT2D eigenvalue weighted by molar-refractivity contribution is 7.89. The molecule has 2 amide bonds. The van der Waals surface area contributed by atoms with Crippen LogP contribution in [-0.2, 0) is 16.6 Å². The van der Waals surface area contributed by atoms with E-state index in [0.29, 0.717) is 11.2 Å². The lowest BCUT2D eigenvalue weighted by atomic mass is 10.2. The summed E-state index contributed by atoms with van der Waals surface area (Å²) in [6.07, 6.45) is 0. The highest BCUT2D eigenvalue weighted by Gasteiger charge is 2.08.